The zero-order chi connectivity index (χ0) is 34.5. The van der Waals surface area contributed by atoms with Crippen molar-refractivity contribution in [2.75, 3.05) is 20.7 Å². The topological polar surface area (TPSA) is 47.9 Å². The quantitative estimate of drug-likeness (QED) is 0.688. The van der Waals surface area contributed by atoms with Crippen LogP contribution in [0.1, 0.15) is 56.3 Å². The summed E-state index contributed by atoms with van der Waals surface area (Å²) < 4.78 is 164. The third-order valence-electron chi connectivity index (χ3n) is 2.70. The summed E-state index contributed by atoms with van der Waals surface area (Å²) in [4.78, 5) is 0. The molecule has 0 spiro atoms. The molecule has 0 fully saturated rings. The van der Waals surface area contributed by atoms with Crippen molar-refractivity contribution in [2.45, 2.75) is 38.6 Å². The average molecular weight is 364 g/mol. The van der Waals surface area contributed by atoms with Crippen LogP contribution in [0.25, 0.3) is 0 Å². The molecule has 0 amide bonds. The number of hydrogen-bond acceptors (Lipinski definition) is 4. The minimum atomic E-state index is -3.58. The Kier molecular flexibility index (Phi) is 2.35. The van der Waals surface area contributed by atoms with Gasteiger partial charge < -0.3 is 19.3 Å². The van der Waals surface area contributed by atoms with Crippen molar-refractivity contribution in [3.8, 4) is 17.2 Å². The van der Waals surface area contributed by atoms with E-state index in [0.717, 1.165) is 0 Å². The number of rotatable bonds is 10. The third kappa shape index (κ3) is 6.31. The molecule has 0 heterocycles. The van der Waals surface area contributed by atoms with Crippen molar-refractivity contribution < 1.29 is 45.4 Å². The smallest absolute Gasteiger partial charge is 0.160 e. The van der Waals surface area contributed by atoms with E-state index in [1.807, 2.05) is 0 Å². The van der Waals surface area contributed by atoms with Crippen molar-refractivity contribution in [3.05, 3.63) is 53.4 Å². The van der Waals surface area contributed by atoms with Gasteiger partial charge in [-0.1, -0.05) is 24.5 Å². The van der Waals surface area contributed by atoms with Crippen LogP contribution in [0.5, 0.6) is 17.2 Å². The normalized spacial score (nSPS) is 25.6. The van der Waals surface area contributed by atoms with E-state index in [1.54, 1.807) is 0 Å². The Hall–Kier alpha value is -2.20. The summed E-state index contributed by atoms with van der Waals surface area (Å²) in [5.74, 6) is -3.07. The highest BCUT2D eigenvalue weighted by molar-refractivity contribution is 5.42. The second kappa shape index (κ2) is 9.94. The molecule has 136 valence electrons. The van der Waals surface area contributed by atoms with Gasteiger partial charge >= 0.3 is 0 Å². The molecule has 2 aromatic rings. The van der Waals surface area contributed by atoms with Crippen LogP contribution in [0.15, 0.2) is 42.3 Å². The van der Waals surface area contributed by atoms with Crippen LogP contribution >= 0.6 is 0 Å². The molecule has 2 aromatic carbocycles. The first-order chi connectivity index (χ1) is 19.6. The molecule has 0 saturated heterocycles. The molecule has 1 atom stereocenters. The predicted molar refractivity (Wildman–Crippen MR) is 99.8 cm³/mol. The minimum absolute atomic E-state index is 0.0358. The second-order valence-electron chi connectivity index (χ2n) is 4.58. The van der Waals surface area contributed by atoms with Crippen molar-refractivity contribution in [1.82, 2.24) is 0 Å². The Morgan fingerprint density at radius 1 is 1.16 bits per heavy atom. The van der Waals surface area contributed by atoms with Gasteiger partial charge in [-0.25, -0.2) is 0 Å². The summed E-state index contributed by atoms with van der Waals surface area (Å²) in [5, 5.41) is 10.5. The molecule has 4 nitrogen and oxygen atoms in total. The molecule has 0 radical (unpaired) electrons. The second-order valence-corrected chi connectivity index (χ2v) is 4.58. The Balaban J connectivity index is 2.53. The van der Waals surface area contributed by atoms with Gasteiger partial charge in [-0.2, -0.15) is 0 Å². The third-order valence-corrected chi connectivity index (χ3v) is 2.70. The summed E-state index contributed by atoms with van der Waals surface area (Å²) in [7, 11) is -6.74. The lowest BCUT2D eigenvalue weighted by molar-refractivity contribution is 0.0976. The van der Waals surface area contributed by atoms with Gasteiger partial charge in [0.05, 0.1) is 38.0 Å². The molecule has 0 bridgehead atoms. The molecule has 0 aliphatic heterocycles. The van der Waals surface area contributed by atoms with Crippen molar-refractivity contribution in [3.63, 3.8) is 0 Å². The lowest BCUT2D eigenvalue weighted by atomic mass is 10.0. The van der Waals surface area contributed by atoms with Crippen LogP contribution < -0.4 is 14.2 Å². The van der Waals surface area contributed by atoms with Crippen molar-refractivity contribution in [2.24, 2.45) is 0 Å². The zero-order valence-corrected chi connectivity index (χ0v) is 13.2. The van der Waals surface area contributed by atoms with E-state index in [4.69, 9.17) is 30.8 Å². The number of aliphatic hydroxyl groups excluding tert-OH is 1. The SMILES string of the molecule is [2H]c1c([2H])c(C)c([2H])c(OCC(O)C([2H])([2H])CC([2H])([2H])C([2H])([2H])c2c([2H])c([2H])c(OC([2H])([2H])[2H])c(OC([2H])([2H])[2H])c2[2H])c1[2H]. The van der Waals surface area contributed by atoms with Crippen LogP contribution in [0.2, 0.25) is 0 Å². The minimum Gasteiger partial charge on any atom is -0.493 e. The highest BCUT2D eigenvalue weighted by atomic mass is 16.5. The fraction of sp³-hybridized carbons (Fsp3) is 0.429. The average Bonchev–Trinajstić information content (AvgIpc) is 2.84. The number of ether oxygens (including phenoxy) is 3. The van der Waals surface area contributed by atoms with Gasteiger partial charge in [0.25, 0.3) is 0 Å². The first-order valence-corrected chi connectivity index (χ1v) is 6.97. The lowest BCUT2D eigenvalue weighted by Gasteiger charge is -2.13. The number of benzene rings is 2. The zero-order valence-electron chi connectivity index (χ0n) is 32.2. The summed E-state index contributed by atoms with van der Waals surface area (Å²) >= 11 is 0. The van der Waals surface area contributed by atoms with Gasteiger partial charge in [0.1, 0.15) is 12.4 Å². The monoisotopic (exact) mass is 363 g/mol. The van der Waals surface area contributed by atoms with E-state index < -0.39 is 117 Å². The summed E-state index contributed by atoms with van der Waals surface area (Å²) in [6.45, 7) is 0.295. The van der Waals surface area contributed by atoms with Gasteiger partial charge in [0, 0.05) is 8.22 Å². The van der Waals surface area contributed by atoms with E-state index in [-0.39, 0.29) is 5.56 Å². The molecular formula is C21H28O4. The molecule has 0 saturated carbocycles. The molecule has 1 N–H and O–H groups in total. The van der Waals surface area contributed by atoms with Crippen LogP contribution in [-0.2, 0) is 6.37 Å². The predicted octanol–water partition coefficient (Wildman–Crippen LogP) is 4.16. The van der Waals surface area contributed by atoms with Crippen molar-refractivity contribution >= 4 is 0 Å². The van der Waals surface area contributed by atoms with Crippen LogP contribution in [0.4, 0.5) is 0 Å². The summed E-state index contributed by atoms with van der Waals surface area (Å²) in [6, 6.07) is -6.08. The largest absolute Gasteiger partial charge is 0.493 e. The van der Waals surface area contributed by atoms with E-state index >= 15 is 0 Å². The van der Waals surface area contributed by atoms with E-state index in [9.17, 15) is 5.11 Å². The molecule has 25 heavy (non-hydrogen) atoms. The molecule has 2 rings (SSSR count). The van der Waals surface area contributed by atoms with Gasteiger partial charge in [0.2, 0.25) is 0 Å². The Morgan fingerprint density at radius 2 is 2.00 bits per heavy atom. The van der Waals surface area contributed by atoms with Crippen LogP contribution in [0.3, 0.4) is 0 Å². The molecule has 0 aromatic heterocycles. The van der Waals surface area contributed by atoms with Gasteiger partial charge in [-0.05, 0) is 61.3 Å². The van der Waals surface area contributed by atoms with Gasteiger partial charge in [0.15, 0.2) is 11.5 Å². The first kappa shape index (κ1) is 5.92. The Labute approximate surface area is 177 Å². The van der Waals surface area contributed by atoms with E-state index in [1.165, 1.54) is 6.92 Å². The van der Waals surface area contributed by atoms with Crippen molar-refractivity contribution in [1.29, 1.82) is 0 Å². The maximum atomic E-state index is 10.5. The molecule has 4 heteroatoms. The number of aliphatic hydroxyl groups is 1. The van der Waals surface area contributed by atoms with Gasteiger partial charge in [-0.3, -0.25) is 0 Å². The van der Waals surface area contributed by atoms with E-state index in [2.05, 4.69) is 9.47 Å². The fourth-order valence-corrected chi connectivity index (χ4v) is 1.59. The summed E-state index contributed by atoms with van der Waals surface area (Å²) in [5.41, 5.74) is -1.33. The first-order valence-electron chi connectivity index (χ1n) is 16.5. The van der Waals surface area contributed by atoms with E-state index in [0.29, 0.717) is 0 Å². The highest BCUT2D eigenvalue weighted by Crippen LogP contribution is 2.28. The molecule has 0 aliphatic carbocycles. The maximum Gasteiger partial charge on any atom is 0.160 e. The standard InChI is InChI=1S/C21H28O4/c1-16-7-6-10-19(13-16)25-15-18(22)9-5-4-8-17-11-12-20(23-2)21(14-17)24-3/h6-7,10-14,18,22H,4-5,8-9,15H2,1-3H3/i2D3,3D3,4D2,6D,7D,8D2,9D2,10D,11D,12D,13D,14D. The fourth-order valence-electron chi connectivity index (χ4n) is 1.59. The van der Waals surface area contributed by atoms with Crippen LogP contribution in [0, 0.1) is 6.92 Å². The molecular weight excluding hydrogens is 316 g/mol. The molecule has 0 aliphatic rings. The Morgan fingerprint density at radius 3 is 2.84 bits per heavy atom. The summed E-state index contributed by atoms with van der Waals surface area (Å²) in [6.07, 6.45) is -13.8. The number of methoxy groups -OCH3 is 2. The van der Waals surface area contributed by atoms with Crippen LogP contribution in [-0.4, -0.2) is 31.9 Å². The molecule has 1 unspecified atom stereocenters. The van der Waals surface area contributed by atoms with Gasteiger partial charge in [-0.15, -0.1) is 0 Å². The highest BCUT2D eigenvalue weighted by Gasteiger charge is 2.07. The lowest BCUT2D eigenvalue weighted by Crippen LogP contribution is -2.17. The number of hydrogen-bond donors (Lipinski definition) is 1. The Bertz CT molecular complexity index is 1370. The maximum absolute atomic E-state index is 10.5.